The molecule has 3 heterocycles. The van der Waals surface area contributed by atoms with Crippen LogP contribution in [-0.4, -0.2) is 45.6 Å². The van der Waals surface area contributed by atoms with E-state index in [1.807, 2.05) is 50.2 Å². The molecule has 4 rings (SSSR count). The second-order valence-electron chi connectivity index (χ2n) is 7.78. The van der Waals surface area contributed by atoms with E-state index in [-0.39, 0.29) is 0 Å². The molecule has 0 spiro atoms. The number of anilines is 4. The molecule has 0 saturated heterocycles. The highest BCUT2D eigenvalue weighted by Gasteiger charge is 2.09. The molecular weight excluding hydrogens is 470 g/mol. The van der Waals surface area contributed by atoms with Crippen LogP contribution in [0.1, 0.15) is 25.0 Å². The largest absolute Gasteiger partial charge is 0.497 e. The summed E-state index contributed by atoms with van der Waals surface area (Å²) in [5.74, 6) is 2.49. The Morgan fingerprint density at radius 2 is 1.14 bits per heavy atom. The lowest BCUT2D eigenvalue weighted by atomic mass is 10.2. The Hall–Kier alpha value is -5.06. The maximum atomic E-state index is 5.37. The number of hydrazone groups is 2. The van der Waals surface area contributed by atoms with Gasteiger partial charge in [-0.25, -0.2) is 0 Å². The molecule has 0 saturated carbocycles. The van der Waals surface area contributed by atoms with Crippen molar-refractivity contribution in [3.05, 3.63) is 84.4 Å². The molecule has 0 amide bonds. The minimum Gasteiger partial charge on any atom is -0.497 e. The normalized spacial score (nSPS) is 11.6. The SMILES string of the molecule is COc1cc(Nc2nc(NN=C(C)c3ccncc3)cc(NN=C(C)c3ccncc3)n2)cc(OC)c1. The highest BCUT2D eigenvalue weighted by atomic mass is 16.5. The number of pyridine rings is 2. The lowest BCUT2D eigenvalue weighted by molar-refractivity contribution is 0.395. The van der Waals surface area contributed by atoms with Crippen LogP contribution in [0.5, 0.6) is 11.5 Å². The van der Waals surface area contributed by atoms with Gasteiger partial charge in [-0.1, -0.05) is 0 Å². The summed E-state index contributed by atoms with van der Waals surface area (Å²) in [6.07, 6.45) is 6.87. The van der Waals surface area contributed by atoms with Crippen molar-refractivity contribution in [2.24, 2.45) is 10.2 Å². The highest BCUT2D eigenvalue weighted by molar-refractivity contribution is 5.99. The van der Waals surface area contributed by atoms with E-state index < -0.39 is 0 Å². The monoisotopic (exact) mass is 497 g/mol. The molecule has 0 bridgehead atoms. The van der Waals surface area contributed by atoms with Gasteiger partial charge in [-0.05, 0) is 38.1 Å². The van der Waals surface area contributed by atoms with Crippen LogP contribution >= 0.6 is 0 Å². The third-order valence-corrected chi connectivity index (χ3v) is 5.21. The van der Waals surface area contributed by atoms with Gasteiger partial charge in [0.25, 0.3) is 0 Å². The van der Waals surface area contributed by atoms with E-state index in [4.69, 9.17) is 9.47 Å². The van der Waals surface area contributed by atoms with E-state index in [1.165, 1.54) is 0 Å². The zero-order valence-corrected chi connectivity index (χ0v) is 20.9. The highest BCUT2D eigenvalue weighted by Crippen LogP contribution is 2.28. The summed E-state index contributed by atoms with van der Waals surface area (Å²) in [5.41, 5.74) is 10.1. The van der Waals surface area contributed by atoms with Crippen molar-refractivity contribution in [1.82, 2.24) is 19.9 Å². The second-order valence-corrected chi connectivity index (χ2v) is 7.78. The van der Waals surface area contributed by atoms with Crippen LogP contribution in [0.2, 0.25) is 0 Å². The van der Waals surface area contributed by atoms with Crippen molar-refractivity contribution < 1.29 is 9.47 Å². The molecule has 3 aromatic heterocycles. The van der Waals surface area contributed by atoms with Gasteiger partial charge < -0.3 is 14.8 Å². The molecule has 0 fully saturated rings. The van der Waals surface area contributed by atoms with Gasteiger partial charge in [-0.3, -0.25) is 20.8 Å². The fourth-order valence-electron chi connectivity index (χ4n) is 3.22. The first kappa shape index (κ1) is 25.0. The van der Waals surface area contributed by atoms with Gasteiger partial charge in [-0.15, -0.1) is 0 Å². The molecule has 1 aromatic carbocycles. The molecule has 11 nitrogen and oxygen atoms in total. The van der Waals surface area contributed by atoms with Gasteiger partial charge in [0, 0.05) is 65.9 Å². The Balaban J connectivity index is 1.63. The Morgan fingerprint density at radius 3 is 1.57 bits per heavy atom. The Bertz CT molecular complexity index is 1300. The van der Waals surface area contributed by atoms with Crippen molar-refractivity contribution in [3.63, 3.8) is 0 Å². The van der Waals surface area contributed by atoms with E-state index in [2.05, 4.69) is 46.3 Å². The van der Waals surface area contributed by atoms with Crippen molar-refractivity contribution in [1.29, 1.82) is 0 Å². The topological polar surface area (TPSA) is 131 Å². The van der Waals surface area contributed by atoms with Crippen LogP contribution in [0.15, 0.2) is 83.5 Å². The summed E-state index contributed by atoms with van der Waals surface area (Å²) in [4.78, 5) is 17.2. The van der Waals surface area contributed by atoms with Gasteiger partial charge in [0.2, 0.25) is 5.95 Å². The van der Waals surface area contributed by atoms with E-state index in [1.54, 1.807) is 51.1 Å². The standard InChI is InChI=1S/C26H27N9O2/c1-17(19-5-9-27-10-6-19)32-34-24-16-25(35-33-18(2)20-7-11-28-12-8-20)31-26(30-24)29-21-13-22(36-3)15-23(14-21)37-4/h5-16H,1-4H3,(H3,29,30,31,34,35). The number of methoxy groups -OCH3 is 2. The van der Waals surface area contributed by atoms with Crippen LogP contribution in [0.25, 0.3) is 0 Å². The van der Waals surface area contributed by atoms with Crippen molar-refractivity contribution in [3.8, 4) is 11.5 Å². The molecule has 0 aliphatic heterocycles. The van der Waals surface area contributed by atoms with Gasteiger partial charge in [-0.2, -0.15) is 20.2 Å². The van der Waals surface area contributed by atoms with E-state index in [0.29, 0.717) is 34.8 Å². The maximum Gasteiger partial charge on any atom is 0.231 e. The summed E-state index contributed by atoms with van der Waals surface area (Å²) in [7, 11) is 3.18. The zero-order valence-electron chi connectivity index (χ0n) is 20.9. The van der Waals surface area contributed by atoms with Crippen molar-refractivity contribution in [2.45, 2.75) is 13.8 Å². The van der Waals surface area contributed by atoms with Gasteiger partial charge in [0.15, 0.2) is 11.6 Å². The Labute approximate surface area is 214 Å². The second kappa shape index (κ2) is 12.1. The fraction of sp³-hybridized carbons (Fsp3) is 0.154. The number of hydrogen-bond donors (Lipinski definition) is 3. The lowest BCUT2D eigenvalue weighted by Gasteiger charge is -2.12. The number of rotatable bonds is 10. The van der Waals surface area contributed by atoms with Gasteiger partial charge in [0.1, 0.15) is 11.5 Å². The number of nitrogens with one attached hydrogen (secondary N) is 3. The van der Waals surface area contributed by atoms with Crippen LogP contribution in [0.3, 0.4) is 0 Å². The molecule has 0 aliphatic carbocycles. The first-order chi connectivity index (χ1) is 18.0. The molecule has 188 valence electrons. The van der Waals surface area contributed by atoms with Crippen LogP contribution in [0.4, 0.5) is 23.3 Å². The molecule has 0 radical (unpaired) electrons. The van der Waals surface area contributed by atoms with E-state index in [9.17, 15) is 0 Å². The van der Waals surface area contributed by atoms with E-state index in [0.717, 1.165) is 22.6 Å². The third-order valence-electron chi connectivity index (χ3n) is 5.21. The summed E-state index contributed by atoms with van der Waals surface area (Å²) in [6, 6.07) is 14.7. The molecular formula is C26H27N9O2. The number of nitrogens with zero attached hydrogens (tertiary/aromatic N) is 6. The number of ether oxygens (including phenoxy) is 2. The minimum absolute atomic E-state index is 0.316. The zero-order chi connectivity index (χ0) is 26.0. The molecule has 0 unspecified atom stereocenters. The molecule has 37 heavy (non-hydrogen) atoms. The summed E-state index contributed by atoms with van der Waals surface area (Å²) >= 11 is 0. The average Bonchev–Trinajstić information content (AvgIpc) is 2.95. The number of aromatic nitrogens is 4. The Kier molecular flexibility index (Phi) is 8.17. The molecule has 11 heteroatoms. The predicted molar refractivity (Wildman–Crippen MR) is 145 cm³/mol. The van der Waals surface area contributed by atoms with Gasteiger partial charge in [0.05, 0.1) is 25.6 Å². The average molecular weight is 498 g/mol. The molecule has 0 aliphatic rings. The quantitative estimate of drug-likeness (QED) is 0.211. The minimum atomic E-state index is 0.316. The number of hydrogen-bond acceptors (Lipinski definition) is 11. The summed E-state index contributed by atoms with van der Waals surface area (Å²) in [5, 5.41) is 12.1. The van der Waals surface area contributed by atoms with Crippen LogP contribution in [0, 0.1) is 0 Å². The maximum absolute atomic E-state index is 5.37. The summed E-state index contributed by atoms with van der Waals surface area (Å²) in [6.45, 7) is 3.79. The molecule has 3 N–H and O–H groups in total. The van der Waals surface area contributed by atoms with Crippen molar-refractivity contribution >= 4 is 34.7 Å². The first-order valence-electron chi connectivity index (χ1n) is 11.3. The van der Waals surface area contributed by atoms with Crippen LogP contribution < -0.4 is 25.6 Å². The molecule has 0 atom stereocenters. The summed E-state index contributed by atoms with van der Waals surface area (Å²) < 4.78 is 10.7. The molecule has 4 aromatic rings. The van der Waals surface area contributed by atoms with Crippen LogP contribution in [-0.2, 0) is 0 Å². The van der Waals surface area contributed by atoms with E-state index >= 15 is 0 Å². The lowest BCUT2D eigenvalue weighted by Crippen LogP contribution is -2.07. The Morgan fingerprint density at radius 1 is 0.676 bits per heavy atom. The first-order valence-corrected chi connectivity index (χ1v) is 11.3. The predicted octanol–water partition coefficient (Wildman–Crippen LogP) is 4.70. The fourth-order valence-corrected chi connectivity index (χ4v) is 3.22. The van der Waals surface area contributed by atoms with Crippen molar-refractivity contribution in [2.75, 3.05) is 30.4 Å². The third kappa shape index (κ3) is 6.98. The smallest absolute Gasteiger partial charge is 0.231 e. The number of benzene rings is 1. The van der Waals surface area contributed by atoms with Gasteiger partial charge >= 0.3 is 0 Å².